The van der Waals surface area contributed by atoms with Crippen molar-refractivity contribution in [3.63, 3.8) is 0 Å². The summed E-state index contributed by atoms with van der Waals surface area (Å²) in [7, 11) is 1.56. The lowest BCUT2D eigenvalue weighted by atomic mass is 10.1. The van der Waals surface area contributed by atoms with Gasteiger partial charge >= 0.3 is 5.69 Å². The highest BCUT2D eigenvalue weighted by molar-refractivity contribution is 5.40. The van der Waals surface area contributed by atoms with Gasteiger partial charge < -0.3 is 10.1 Å². The third-order valence-electron chi connectivity index (χ3n) is 3.55. The number of H-pyrrole nitrogens is 1. The van der Waals surface area contributed by atoms with Gasteiger partial charge in [-0.1, -0.05) is 12.1 Å². The van der Waals surface area contributed by atoms with Crippen LogP contribution in [0.15, 0.2) is 33.9 Å². The molecule has 1 atom stereocenters. The number of anilines is 1. The Balaban J connectivity index is 2.36. The molecule has 0 bridgehead atoms. The second-order valence-electron chi connectivity index (χ2n) is 5.53. The average Bonchev–Trinajstić information content (AvgIpc) is 2.52. The number of hydrogen-bond donors (Lipinski definition) is 2. The molecule has 23 heavy (non-hydrogen) atoms. The number of aromatic amines is 1. The molecule has 0 unspecified atom stereocenters. The van der Waals surface area contributed by atoms with Crippen molar-refractivity contribution in [2.45, 2.75) is 32.9 Å². The van der Waals surface area contributed by atoms with Crippen molar-refractivity contribution < 1.29 is 9.13 Å². The van der Waals surface area contributed by atoms with Gasteiger partial charge in [0.25, 0.3) is 5.56 Å². The van der Waals surface area contributed by atoms with Gasteiger partial charge in [0.05, 0.1) is 13.2 Å². The second kappa shape index (κ2) is 6.68. The quantitative estimate of drug-likeness (QED) is 0.887. The summed E-state index contributed by atoms with van der Waals surface area (Å²) < 4.78 is 20.2. The number of ether oxygens (including phenoxy) is 1. The summed E-state index contributed by atoms with van der Waals surface area (Å²) in [6.45, 7) is 5.07. The molecule has 0 aliphatic rings. The number of aromatic nitrogens is 2. The Hall–Kier alpha value is -2.57. The first-order valence-corrected chi connectivity index (χ1v) is 7.30. The van der Waals surface area contributed by atoms with Gasteiger partial charge in [-0.2, -0.15) is 4.39 Å². The predicted molar refractivity (Wildman–Crippen MR) is 86.7 cm³/mol. The van der Waals surface area contributed by atoms with Crippen molar-refractivity contribution in [2.75, 3.05) is 12.4 Å². The van der Waals surface area contributed by atoms with Crippen molar-refractivity contribution in [1.82, 2.24) is 9.55 Å². The summed E-state index contributed by atoms with van der Waals surface area (Å²) in [5, 5.41) is 2.83. The van der Waals surface area contributed by atoms with E-state index in [2.05, 4.69) is 10.3 Å². The fraction of sp³-hybridized carbons (Fsp3) is 0.375. The number of nitrogens with zero attached hydrogens (tertiary/aromatic N) is 1. The van der Waals surface area contributed by atoms with Crippen LogP contribution in [0.2, 0.25) is 0 Å². The normalized spacial score (nSPS) is 12.3. The molecule has 6 nitrogen and oxygen atoms in total. The third kappa shape index (κ3) is 3.44. The molecule has 2 N–H and O–H groups in total. The summed E-state index contributed by atoms with van der Waals surface area (Å²) in [6.07, 6.45) is 0. The van der Waals surface area contributed by atoms with Crippen LogP contribution in [0.4, 0.5) is 10.2 Å². The number of hydrogen-bond acceptors (Lipinski definition) is 4. The maximum atomic E-state index is 14.2. The van der Waals surface area contributed by atoms with Crippen LogP contribution in [0.25, 0.3) is 0 Å². The molecule has 1 aromatic heterocycles. The average molecular weight is 321 g/mol. The molecule has 2 rings (SSSR count). The molecule has 1 heterocycles. The summed E-state index contributed by atoms with van der Waals surface area (Å²) in [5.74, 6) is -0.555. The largest absolute Gasteiger partial charge is 0.497 e. The molecule has 0 saturated carbocycles. The highest BCUT2D eigenvalue weighted by Gasteiger charge is 2.17. The van der Waals surface area contributed by atoms with Crippen molar-refractivity contribution in [2.24, 2.45) is 0 Å². The Kier molecular flexibility index (Phi) is 4.88. The van der Waals surface area contributed by atoms with E-state index < -0.39 is 23.1 Å². The van der Waals surface area contributed by atoms with E-state index in [9.17, 15) is 14.0 Å². The topological polar surface area (TPSA) is 76.1 Å². The van der Waals surface area contributed by atoms with Gasteiger partial charge in [-0.05, 0) is 38.5 Å². The van der Waals surface area contributed by atoms with Crippen molar-refractivity contribution in [3.05, 3.63) is 56.5 Å². The van der Waals surface area contributed by atoms with E-state index in [1.54, 1.807) is 40.0 Å². The Morgan fingerprint density at radius 2 is 1.96 bits per heavy atom. The standard InChI is InChI=1S/C16H20FN3O3/c1-9(2)20-15(21)13(17)14(19-16(20)22)18-10(3)11-6-5-7-12(8-11)23-4/h5-10,18H,1-4H3,(H,19,22)/t10-/m0/s1. The Bertz CT molecular complexity index is 811. The fourth-order valence-electron chi connectivity index (χ4n) is 2.31. The minimum absolute atomic E-state index is 0.216. The predicted octanol–water partition coefficient (Wildman–Crippen LogP) is 2.44. The van der Waals surface area contributed by atoms with Crippen LogP contribution in [0, 0.1) is 5.82 Å². The first-order chi connectivity index (χ1) is 10.8. The Morgan fingerprint density at radius 3 is 2.57 bits per heavy atom. The van der Waals surface area contributed by atoms with Crippen molar-refractivity contribution in [3.8, 4) is 5.75 Å². The zero-order valence-electron chi connectivity index (χ0n) is 13.5. The highest BCUT2D eigenvalue weighted by Crippen LogP contribution is 2.22. The van der Waals surface area contributed by atoms with Crippen LogP contribution >= 0.6 is 0 Å². The summed E-state index contributed by atoms with van der Waals surface area (Å²) in [5.41, 5.74) is -0.756. The molecule has 0 spiro atoms. The van der Waals surface area contributed by atoms with E-state index in [1.165, 1.54) is 0 Å². The highest BCUT2D eigenvalue weighted by atomic mass is 19.1. The number of rotatable bonds is 5. The maximum Gasteiger partial charge on any atom is 0.330 e. The zero-order valence-corrected chi connectivity index (χ0v) is 13.5. The van der Waals surface area contributed by atoms with E-state index in [4.69, 9.17) is 4.74 Å². The number of methoxy groups -OCH3 is 1. The van der Waals surface area contributed by atoms with Crippen molar-refractivity contribution >= 4 is 5.82 Å². The van der Waals surface area contributed by atoms with Crippen LogP contribution in [0.3, 0.4) is 0 Å². The molecule has 1 aromatic carbocycles. The molecule has 0 radical (unpaired) electrons. The summed E-state index contributed by atoms with van der Waals surface area (Å²) >= 11 is 0. The van der Waals surface area contributed by atoms with Gasteiger partial charge in [-0.15, -0.1) is 0 Å². The minimum atomic E-state index is -1.01. The number of benzene rings is 1. The molecule has 7 heteroatoms. The van der Waals surface area contributed by atoms with E-state index in [1.807, 2.05) is 12.1 Å². The van der Waals surface area contributed by atoms with E-state index >= 15 is 0 Å². The van der Waals surface area contributed by atoms with Crippen LogP contribution in [0.1, 0.15) is 38.4 Å². The van der Waals surface area contributed by atoms with Crippen LogP contribution < -0.4 is 21.3 Å². The zero-order chi connectivity index (χ0) is 17.1. The SMILES string of the molecule is COc1cccc([C@H](C)Nc2[nH]c(=O)n(C(C)C)c(=O)c2F)c1. The van der Waals surface area contributed by atoms with E-state index in [-0.39, 0.29) is 11.9 Å². The van der Waals surface area contributed by atoms with E-state index in [0.717, 1.165) is 10.1 Å². The van der Waals surface area contributed by atoms with Gasteiger partial charge in [0.1, 0.15) is 11.6 Å². The van der Waals surface area contributed by atoms with Crippen LogP contribution in [-0.2, 0) is 0 Å². The Morgan fingerprint density at radius 1 is 1.26 bits per heavy atom. The Labute approximate surface area is 132 Å². The molecule has 0 aliphatic heterocycles. The van der Waals surface area contributed by atoms with Gasteiger partial charge in [-0.25, -0.2) is 4.79 Å². The van der Waals surface area contributed by atoms with E-state index in [0.29, 0.717) is 5.75 Å². The third-order valence-corrected chi connectivity index (χ3v) is 3.55. The van der Waals surface area contributed by atoms with Gasteiger partial charge in [0.2, 0.25) is 5.82 Å². The van der Waals surface area contributed by atoms with Gasteiger partial charge in [0.15, 0.2) is 0 Å². The summed E-state index contributed by atoms with van der Waals surface area (Å²) in [6, 6.07) is 6.48. The molecule has 0 saturated heterocycles. The summed E-state index contributed by atoms with van der Waals surface area (Å²) in [4.78, 5) is 26.3. The van der Waals surface area contributed by atoms with Gasteiger partial charge in [-0.3, -0.25) is 14.3 Å². The minimum Gasteiger partial charge on any atom is -0.497 e. The second-order valence-corrected chi connectivity index (χ2v) is 5.53. The molecule has 0 aliphatic carbocycles. The monoisotopic (exact) mass is 321 g/mol. The first-order valence-electron chi connectivity index (χ1n) is 7.30. The molecular weight excluding hydrogens is 301 g/mol. The number of halogens is 1. The van der Waals surface area contributed by atoms with Gasteiger partial charge in [0, 0.05) is 6.04 Å². The van der Waals surface area contributed by atoms with Crippen molar-refractivity contribution in [1.29, 1.82) is 0 Å². The lowest BCUT2D eigenvalue weighted by Crippen LogP contribution is -2.39. The lowest BCUT2D eigenvalue weighted by molar-refractivity contribution is 0.414. The molecular formula is C16H20FN3O3. The first kappa shape index (κ1) is 16.8. The van der Waals surface area contributed by atoms with Crippen LogP contribution in [0.5, 0.6) is 5.75 Å². The van der Waals surface area contributed by atoms with Crippen LogP contribution in [-0.4, -0.2) is 16.7 Å². The molecule has 0 fully saturated rings. The fourth-order valence-corrected chi connectivity index (χ4v) is 2.31. The lowest BCUT2D eigenvalue weighted by Gasteiger charge is -2.17. The molecule has 124 valence electrons. The maximum absolute atomic E-state index is 14.2. The number of nitrogens with one attached hydrogen (secondary N) is 2. The smallest absolute Gasteiger partial charge is 0.330 e. The molecule has 2 aromatic rings. The molecule has 0 amide bonds.